The van der Waals surface area contributed by atoms with Gasteiger partial charge < -0.3 is 9.13 Å². The van der Waals surface area contributed by atoms with Crippen LogP contribution in [0.2, 0.25) is 0 Å². The van der Waals surface area contributed by atoms with Crippen LogP contribution in [0.1, 0.15) is 0 Å². The highest BCUT2D eigenvalue weighted by Crippen LogP contribution is 2.44. The van der Waals surface area contributed by atoms with Crippen LogP contribution in [0.3, 0.4) is 0 Å². The lowest BCUT2D eigenvalue weighted by Crippen LogP contribution is -1.94. The minimum Gasteiger partial charge on any atom is -0.309 e. The quantitative estimate of drug-likeness (QED) is 0.166. The number of fused-ring (bicyclic) bond motifs is 9. The standard InChI is InChI=1S/C54H34N2S/c1-3-14-35(15-4-1)36-16-11-17-37(30-36)38-18-12-19-39(31-38)42-24-13-27-53-54(42)47-32-41(28-29-52(47)57-53)56-49-26-10-8-23-44(49)46-33-50-45(34-51(46)56)43-22-7-9-25-48(43)55(50)40-20-5-2-6-21-40/h1-34H. The lowest BCUT2D eigenvalue weighted by molar-refractivity contribution is 1.18. The summed E-state index contributed by atoms with van der Waals surface area (Å²) in [5, 5.41) is 7.61. The summed E-state index contributed by atoms with van der Waals surface area (Å²) < 4.78 is 7.48. The third-order valence-electron chi connectivity index (χ3n) is 11.7. The topological polar surface area (TPSA) is 9.86 Å². The second-order valence-electron chi connectivity index (χ2n) is 14.9. The van der Waals surface area contributed by atoms with Gasteiger partial charge in [-0.25, -0.2) is 0 Å². The molecule has 3 aromatic heterocycles. The normalized spacial score (nSPS) is 11.9. The van der Waals surface area contributed by atoms with Crippen LogP contribution < -0.4 is 0 Å². The third kappa shape index (κ3) is 5.03. The van der Waals surface area contributed by atoms with Crippen LogP contribution in [0.15, 0.2) is 206 Å². The third-order valence-corrected chi connectivity index (χ3v) is 12.8. The maximum atomic E-state index is 2.48. The van der Waals surface area contributed by atoms with E-state index in [2.05, 4.69) is 215 Å². The van der Waals surface area contributed by atoms with Crippen molar-refractivity contribution in [1.29, 1.82) is 0 Å². The van der Waals surface area contributed by atoms with E-state index in [1.807, 2.05) is 11.3 Å². The van der Waals surface area contributed by atoms with Gasteiger partial charge >= 0.3 is 0 Å². The number of thiophene rings is 1. The van der Waals surface area contributed by atoms with E-state index in [1.165, 1.54) is 109 Å². The predicted octanol–water partition coefficient (Wildman–Crippen LogP) is 15.2. The zero-order valence-electron chi connectivity index (χ0n) is 30.9. The average Bonchev–Trinajstić information content (AvgIpc) is 3.93. The van der Waals surface area contributed by atoms with Crippen LogP contribution >= 0.6 is 11.3 Å². The van der Waals surface area contributed by atoms with Gasteiger partial charge in [-0.2, -0.15) is 0 Å². The van der Waals surface area contributed by atoms with Crippen molar-refractivity contribution in [2.24, 2.45) is 0 Å². The fraction of sp³-hybridized carbons (Fsp3) is 0. The zero-order valence-corrected chi connectivity index (χ0v) is 31.7. The van der Waals surface area contributed by atoms with Crippen LogP contribution in [0.25, 0.3) is 109 Å². The average molecular weight is 743 g/mol. The van der Waals surface area contributed by atoms with Gasteiger partial charge in [-0.15, -0.1) is 11.3 Å². The summed E-state index contributed by atoms with van der Waals surface area (Å²) >= 11 is 1.88. The molecular weight excluding hydrogens is 709 g/mol. The van der Waals surface area contributed by atoms with Gasteiger partial charge in [0.25, 0.3) is 0 Å². The molecule has 0 aliphatic rings. The van der Waals surface area contributed by atoms with Crippen molar-refractivity contribution < 1.29 is 0 Å². The largest absolute Gasteiger partial charge is 0.309 e. The van der Waals surface area contributed by atoms with Gasteiger partial charge in [0.15, 0.2) is 0 Å². The van der Waals surface area contributed by atoms with E-state index in [9.17, 15) is 0 Å². The van der Waals surface area contributed by atoms with Crippen molar-refractivity contribution in [3.8, 4) is 44.8 Å². The molecule has 0 saturated heterocycles. The lowest BCUT2D eigenvalue weighted by Gasteiger charge is -2.11. The van der Waals surface area contributed by atoms with Gasteiger partial charge in [0.2, 0.25) is 0 Å². The first-order valence-corrected chi connectivity index (χ1v) is 20.3. The fourth-order valence-electron chi connectivity index (χ4n) is 9.13. The van der Waals surface area contributed by atoms with Crippen LogP contribution in [-0.2, 0) is 0 Å². The van der Waals surface area contributed by atoms with Crippen LogP contribution in [0, 0.1) is 0 Å². The van der Waals surface area contributed by atoms with Crippen molar-refractivity contribution >= 4 is 75.1 Å². The summed E-state index contributed by atoms with van der Waals surface area (Å²) in [5.41, 5.74) is 14.6. The van der Waals surface area contributed by atoms with E-state index >= 15 is 0 Å². The van der Waals surface area contributed by atoms with Crippen LogP contribution in [0.4, 0.5) is 0 Å². The Kier molecular flexibility index (Phi) is 7.13. The first-order chi connectivity index (χ1) is 28.3. The van der Waals surface area contributed by atoms with Crippen molar-refractivity contribution in [3.63, 3.8) is 0 Å². The molecule has 266 valence electrons. The van der Waals surface area contributed by atoms with E-state index in [1.54, 1.807) is 0 Å². The molecule has 9 aromatic carbocycles. The van der Waals surface area contributed by atoms with Crippen LogP contribution in [0.5, 0.6) is 0 Å². The molecule has 0 bridgehead atoms. The van der Waals surface area contributed by atoms with Gasteiger partial charge in [-0.05, 0) is 106 Å². The second-order valence-corrected chi connectivity index (χ2v) is 16.0. The molecule has 12 aromatic rings. The Morgan fingerprint density at radius 3 is 1.49 bits per heavy atom. The number of rotatable bonds is 5. The molecule has 0 atom stereocenters. The van der Waals surface area contributed by atoms with Gasteiger partial charge in [0.1, 0.15) is 0 Å². The Bertz CT molecular complexity index is 3510. The summed E-state index contributed by atoms with van der Waals surface area (Å²) in [4.78, 5) is 0. The molecule has 0 amide bonds. The highest BCUT2D eigenvalue weighted by molar-refractivity contribution is 7.26. The first-order valence-electron chi connectivity index (χ1n) is 19.5. The number of aromatic nitrogens is 2. The summed E-state index contributed by atoms with van der Waals surface area (Å²) in [6.07, 6.45) is 0. The number of nitrogens with zero attached hydrogens (tertiary/aromatic N) is 2. The smallest absolute Gasteiger partial charge is 0.0548 e. The van der Waals surface area contributed by atoms with E-state index in [4.69, 9.17) is 0 Å². The lowest BCUT2D eigenvalue weighted by atomic mass is 9.94. The summed E-state index contributed by atoms with van der Waals surface area (Å²) in [6.45, 7) is 0. The molecule has 12 rings (SSSR count). The molecule has 3 heterocycles. The van der Waals surface area contributed by atoms with Crippen molar-refractivity contribution in [3.05, 3.63) is 206 Å². The summed E-state index contributed by atoms with van der Waals surface area (Å²) in [5.74, 6) is 0. The van der Waals surface area contributed by atoms with Gasteiger partial charge in [0, 0.05) is 53.1 Å². The minimum absolute atomic E-state index is 1.17. The highest BCUT2D eigenvalue weighted by atomic mass is 32.1. The zero-order chi connectivity index (χ0) is 37.5. The summed E-state index contributed by atoms with van der Waals surface area (Å²) in [7, 11) is 0. The molecular formula is C54H34N2S. The minimum atomic E-state index is 1.17. The van der Waals surface area contributed by atoms with Crippen molar-refractivity contribution in [2.45, 2.75) is 0 Å². The van der Waals surface area contributed by atoms with E-state index in [0.29, 0.717) is 0 Å². The number of para-hydroxylation sites is 3. The number of hydrogen-bond donors (Lipinski definition) is 0. The Morgan fingerprint density at radius 1 is 0.281 bits per heavy atom. The van der Waals surface area contributed by atoms with E-state index in [0.717, 1.165) is 0 Å². The molecule has 0 aliphatic carbocycles. The Morgan fingerprint density at radius 2 is 0.807 bits per heavy atom. The van der Waals surface area contributed by atoms with E-state index in [-0.39, 0.29) is 0 Å². The highest BCUT2D eigenvalue weighted by Gasteiger charge is 2.20. The van der Waals surface area contributed by atoms with E-state index < -0.39 is 0 Å². The molecule has 3 heteroatoms. The SMILES string of the molecule is c1ccc(-c2cccc(-c3cccc(-c4cccc5sc6ccc(-n7c8ccccc8c8cc9c(cc87)c7ccccc7n9-c7ccccc7)cc6c45)c3)c2)cc1. The monoisotopic (exact) mass is 742 g/mol. The number of hydrogen-bond acceptors (Lipinski definition) is 1. The maximum absolute atomic E-state index is 2.48. The first kappa shape index (κ1) is 32.1. The number of benzene rings is 9. The van der Waals surface area contributed by atoms with Gasteiger partial charge in [0.05, 0.1) is 22.1 Å². The molecule has 0 fully saturated rings. The predicted molar refractivity (Wildman–Crippen MR) is 244 cm³/mol. The Hall–Kier alpha value is -7.20. The van der Waals surface area contributed by atoms with Gasteiger partial charge in [-0.1, -0.05) is 133 Å². The molecule has 0 spiro atoms. The molecule has 2 nitrogen and oxygen atoms in total. The fourth-order valence-corrected chi connectivity index (χ4v) is 10.2. The maximum Gasteiger partial charge on any atom is 0.0548 e. The van der Waals surface area contributed by atoms with Gasteiger partial charge in [-0.3, -0.25) is 0 Å². The Balaban J connectivity index is 1.05. The van der Waals surface area contributed by atoms with Crippen molar-refractivity contribution in [1.82, 2.24) is 9.13 Å². The van der Waals surface area contributed by atoms with Crippen LogP contribution in [-0.4, -0.2) is 9.13 Å². The second kappa shape index (κ2) is 12.7. The molecule has 57 heavy (non-hydrogen) atoms. The Labute approximate surface area is 333 Å². The molecule has 0 N–H and O–H groups in total. The molecule has 0 saturated carbocycles. The summed E-state index contributed by atoms with van der Waals surface area (Å²) in [6, 6.07) is 75.6. The van der Waals surface area contributed by atoms with Crippen molar-refractivity contribution in [2.75, 3.05) is 0 Å². The molecule has 0 aliphatic heterocycles. The molecule has 0 radical (unpaired) electrons. The molecule has 0 unspecified atom stereocenters.